The van der Waals surface area contributed by atoms with Gasteiger partial charge in [-0.3, -0.25) is 4.79 Å². The molecule has 0 aliphatic rings. The van der Waals surface area contributed by atoms with Gasteiger partial charge in [-0.25, -0.2) is 9.97 Å². The first-order valence-corrected chi connectivity index (χ1v) is 8.55. The molecule has 0 bridgehead atoms. The molecule has 2 N–H and O–H groups in total. The Morgan fingerprint density at radius 3 is 2.44 bits per heavy atom. The number of rotatable bonds is 4. The number of carbonyl (C=O) groups is 1. The zero-order chi connectivity index (χ0) is 17.8. The summed E-state index contributed by atoms with van der Waals surface area (Å²) in [5.41, 5.74) is 3.05. The van der Waals surface area contributed by atoms with E-state index in [9.17, 15) is 4.79 Å². The molecular formula is C19H17BrN4O. The van der Waals surface area contributed by atoms with E-state index in [1.807, 2.05) is 55.5 Å². The minimum absolute atomic E-state index is 0.272. The number of halogens is 1. The van der Waals surface area contributed by atoms with Crippen molar-refractivity contribution >= 4 is 39.0 Å². The highest BCUT2D eigenvalue weighted by Crippen LogP contribution is 2.20. The molecule has 0 atom stereocenters. The molecule has 2 aromatic carbocycles. The second-order valence-electron chi connectivity index (χ2n) is 5.64. The van der Waals surface area contributed by atoms with Crippen LogP contribution in [-0.4, -0.2) is 15.9 Å². The van der Waals surface area contributed by atoms with Crippen molar-refractivity contribution in [2.45, 2.75) is 13.8 Å². The molecule has 0 aliphatic heterocycles. The van der Waals surface area contributed by atoms with E-state index in [0.717, 1.165) is 21.4 Å². The summed E-state index contributed by atoms with van der Waals surface area (Å²) >= 11 is 3.43. The van der Waals surface area contributed by atoms with Gasteiger partial charge in [-0.15, -0.1) is 0 Å². The van der Waals surface area contributed by atoms with Crippen LogP contribution in [0.1, 0.15) is 21.9 Å². The van der Waals surface area contributed by atoms with E-state index in [-0.39, 0.29) is 5.91 Å². The largest absolute Gasteiger partial charge is 0.340 e. The maximum Gasteiger partial charge on any atom is 0.274 e. The van der Waals surface area contributed by atoms with Gasteiger partial charge in [0, 0.05) is 21.9 Å². The van der Waals surface area contributed by atoms with Gasteiger partial charge in [0.05, 0.1) is 0 Å². The molecule has 3 aromatic rings. The van der Waals surface area contributed by atoms with Gasteiger partial charge < -0.3 is 10.6 Å². The normalized spacial score (nSPS) is 10.4. The van der Waals surface area contributed by atoms with Crippen molar-refractivity contribution in [1.82, 2.24) is 9.97 Å². The van der Waals surface area contributed by atoms with Crippen LogP contribution in [0.5, 0.6) is 0 Å². The lowest BCUT2D eigenvalue weighted by Gasteiger charge is -2.09. The monoisotopic (exact) mass is 396 g/mol. The van der Waals surface area contributed by atoms with Gasteiger partial charge in [-0.1, -0.05) is 39.7 Å². The van der Waals surface area contributed by atoms with E-state index < -0.39 is 0 Å². The third kappa shape index (κ3) is 4.64. The summed E-state index contributed by atoms with van der Waals surface area (Å²) in [5, 5.41) is 6.04. The summed E-state index contributed by atoms with van der Waals surface area (Å²) in [5.74, 6) is 0.820. The number of aryl methyl sites for hydroxylation is 2. The van der Waals surface area contributed by atoms with Crippen molar-refractivity contribution in [2.24, 2.45) is 0 Å². The lowest BCUT2D eigenvalue weighted by Crippen LogP contribution is -2.15. The standard InChI is InChI=1S/C19H17BrN4O/c1-12-6-8-15(9-7-12)24-19(25)17-11-18(22-13(2)21-17)23-16-5-3-4-14(20)10-16/h3-11H,1-2H3,(H,24,25)(H,21,22,23). The van der Waals surface area contributed by atoms with Crippen LogP contribution in [0.3, 0.4) is 0 Å². The first-order valence-electron chi connectivity index (χ1n) is 7.76. The molecule has 0 spiro atoms. The number of amides is 1. The second kappa shape index (κ2) is 7.44. The number of hydrogen-bond acceptors (Lipinski definition) is 4. The molecule has 0 saturated carbocycles. The zero-order valence-electron chi connectivity index (χ0n) is 13.9. The molecule has 5 nitrogen and oxygen atoms in total. The Labute approximate surface area is 154 Å². The molecule has 0 radical (unpaired) electrons. The maximum absolute atomic E-state index is 12.5. The van der Waals surface area contributed by atoms with E-state index in [4.69, 9.17) is 0 Å². The van der Waals surface area contributed by atoms with Crippen molar-refractivity contribution in [3.63, 3.8) is 0 Å². The highest BCUT2D eigenvalue weighted by atomic mass is 79.9. The molecule has 1 amide bonds. The van der Waals surface area contributed by atoms with Crippen LogP contribution in [0.4, 0.5) is 17.2 Å². The molecule has 1 heterocycles. The van der Waals surface area contributed by atoms with Crippen LogP contribution in [0.15, 0.2) is 59.1 Å². The minimum Gasteiger partial charge on any atom is -0.340 e. The minimum atomic E-state index is -0.272. The van der Waals surface area contributed by atoms with Crippen molar-refractivity contribution in [3.8, 4) is 0 Å². The number of aromatic nitrogens is 2. The van der Waals surface area contributed by atoms with E-state index in [2.05, 4.69) is 36.5 Å². The molecule has 25 heavy (non-hydrogen) atoms. The van der Waals surface area contributed by atoms with E-state index >= 15 is 0 Å². The molecule has 3 rings (SSSR count). The number of nitrogens with zero attached hydrogens (tertiary/aromatic N) is 2. The van der Waals surface area contributed by atoms with Crippen molar-refractivity contribution in [1.29, 1.82) is 0 Å². The lowest BCUT2D eigenvalue weighted by molar-refractivity contribution is 0.102. The van der Waals surface area contributed by atoms with E-state index in [1.165, 1.54) is 0 Å². The van der Waals surface area contributed by atoms with Crippen LogP contribution in [0.2, 0.25) is 0 Å². The van der Waals surface area contributed by atoms with E-state index in [1.54, 1.807) is 13.0 Å². The Bertz CT molecular complexity index is 910. The lowest BCUT2D eigenvalue weighted by atomic mass is 10.2. The van der Waals surface area contributed by atoms with Gasteiger partial charge in [-0.2, -0.15) is 0 Å². The number of hydrogen-bond donors (Lipinski definition) is 2. The Kier molecular flexibility index (Phi) is 5.09. The molecule has 0 saturated heterocycles. The van der Waals surface area contributed by atoms with Gasteiger partial charge in [0.2, 0.25) is 0 Å². The summed E-state index contributed by atoms with van der Waals surface area (Å²) in [6.07, 6.45) is 0. The van der Waals surface area contributed by atoms with E-state index in [0.29, 0.717) is 17.3 Å². The Hall–Kier alpha value is -2.73. The molecule has 1 aromatic heterocycles. The van der Waals surface area contributed by atoms with Crippen LogP contribution in [0.25, 0.3) is 0 Å². The summed E-state index contributed by atoms with van der Waals surface area (Å²) < 4.78 is 0.959. The summed E-state index contributed by atoms with van der Waals surface area (Å²) in [4.78, 5) is 21.0. The fraction of sp³-hybridized carbons (Fsp3) is 0.105. The van der Waals surface area contributed by atoms with Crippen LogP contribution >= 0.6 is 15.9 Å². The molecule has 6 heteroatoms. The second-order valence-corrected chi connectivity index (χ2v) is 6.56. The maximum atomic E-state index is 12.5. The predicted molar refractivity (Wildman–Crippen MR) is 103 cm³/mol. The highest BCUT2D eigenvalue weighted by molar-refractivity contribution is 9.10. The van der Waals surface area contributed by atoms with Crippen molar-refractivity contribution in [2.75, 3.05) is 10.6 Å². The third-order valence-electron chi connectivity index (χ3n) is 3.48. The average molecular weight is 397 g/mol. The molecule has 0 aliphatic carbocycles. The topological polar surface area (TPSA) is 66.9 Å². The average Bonchev–Trinajstić information content (AvgIpc) is 2.56. The predicted octanol–water partition coefficient (Wildman–Crippen LogP) is 4.85. The first kappa shape index (κ1) is 17.1. The number of benzene rings is 2. The highest BCUT2D eigenvalue weighted by Gasteiger charge is 2.11. The molecule has 0 unspecified atom stereocenters. The fourth-order valence-corrected chi connectivity index (χ4v) is 2.69. The van der Waals surface area contributed by atoms with Gasteiger partial charge >= 0.3 is 0 Å². The summed E-state index contributed by atoms with van der Waals surface area (Å²) in [7, 11) is 0. The Morgan fingerprint density at radius 2 is 1.72 bits per heavy atom. The number of nitrogens with one attached hydrogen (secondary N) is 2. The number of carbonyl (C=O) groups excluding carboxylic acids is 1. The quantitative estimate of drug-likeness (QED) is 0.661. The van der Waals surface area contributed by atoms with Crippen molar-refractivity contribution in [3.05, 3.63) is 76.2 Å². The van der Waals surface area contributed by atoms with Gasteiger partial charge in [0.1, 0.15) is 17.3 Å². The zero-order valence-corrected chi connectivity index (χ0v) is 15.5. The third-order valence-corrected chi connectivity index (χ3v) is 3.97. The van der Waals surface area contributed by atoms with Gasteiger partial charge in [-0.05, 0) is 44.2 Å². The first-order chi connectivity index (χ1) is 12.0. The number of anilines is 3. The molecular weight excluding hydrogens is 380 g/mol. The smallest absolute Gasteiger partial charge is 0.274 e. The van der Waals surface area contributed by atoms with Crippen LogP contribution < -0.4 is 10.6 Å². The van der Waals surface area contributed by atoms with Crippen LogP contribution in [0, 0.1) is 13.8 Å². The molecule has 0 fully saturated rings. The van der Waals surface area contributed by atoms with Crippen LogP contribution in [-0.2, 0) is 0 Å². The summed E-state index contributed by atoms with van der Waals surface area (Å²) in [6.45, 7) is 3.76. The van der Waals surface area contributed by atoms with Crippen molar-refractivity contribution < 1.29 is 4.79 Å². The Morgan fingerprint density at radius 1 is 0.960 bits per heavy atom. The summed E-state index contributed by atoms with van der Waals surface area (Å²) in [6, 6.07) is 17.0. The van der Waals surface area contributed by atoms with Gasteiger partial charge in [0.25, 0.3) is 5.91 Å². The fourth-order valence-electron chi connectivity index (χ4n) is 2.29. The van der Waals surface area contributed by atoms with Gasteiger partial charge in [0.15, 0.2) is 0 Å². The molecule has 126 valence electrons. The SMILES string of the molecule is Cc1ccc(NC(=O)c2cc(Nc3cccc(Br)c3)nc(C)n2)cc1. The Balaban J connectivity index is 1.80.